The maximum absolute atomic E-state index is 12.7. The predicted molar refractivity (Wildman–Crippen MR) is 103 cm³/mol. The second-order valence-corrected chi connectivity index (χ2v) is 7.46. The number of piperidine rings is 1. The number of likely N-dealkylation sites (tertiary alicyclic amines) is 1. The van der Waals surface area contributed by atoms with E-state index in [9.17, 15) is 13.2 Å². The van der Waals surface area contributed by atoms with Crippen molar-refractivity contribution >= 4 is 28.5 Å². The molecule has 0 atom stereocenters. The van der Waals surface area contributed by atoms with Crippen LogP contribution in [0.25, 0.3) is 0 Å². The molecule has 1 saturated heterocycles. The molecular weight excluding hydrogens is 375 g/mol. The summed E-state index contributed by atoms with van der Waals surface area (Å²) in [6, 6.07) is 7.95. The van der Waals surface area contributed by atoms with Gasteiger partial charge in [-0.2, -0.15) is 18.3 Å². The zero-order chi connectivity index (χ0) is 19.3. The summed E-state index contributed by atoms with van der Waals surface area (Å²) < 4.78 is 38.2. The minimum atomic E-state index is -4.06. The van der Waals surface area contributed by atoms with Crippen LogP contribution in [-0.2, 0) is 6.42 Å². The molecule has 0 unspecified atom stereocenters. The van der Waals surface area contributed by atoms with Gasteiger partial charge in [-0.15, -0.1) is 11.3 Å². The van der Waals surface area contributed by atoms with E-state index in [1.165, 1.54) is 11.3 Å². The predicted octanol–water partition coefficient (Wildman–Crippen LogP) is 3.99. The number of nitrogens with zero attached hydrogens (tertiary/aromatic N) is 3. The summed E-state index contributed by atoms with van der Waals surface area (Å²) in [5.74, 6) is -0.687. The molecule has 2 heterocycles. The van der Waals surface area contributed by atoms with Crippen LogP contribution in [0.15, 0.2) is 34.7 Å². The summed E-state index contributed by atoms with van der Waals surface area (Å²) in [5, 5.41) is 6.51. The number of hydrazone groups is 1. The summed E-state index contributed by atoms with van der Waals surface area (Å²) in [6.07, 6.45) is -1.16. The quantitative estimate of drug-likeness (QED) is 0.571. The Balaban J connectivity index is 1.47. The van der Waals surface area contributed by atoms with E-state index in [1.807, 2.05) is 24.3 Å². The fourth-order valence-electron chi connectivity index (χ4n) is 3.10. The van der Waals surface area contributed by atoms with Gasteiger partial charge >= 0.3 is 6.18 Å². The highest BCUT2D eigenvalue weighted by Gasteiger charge is 2.40. The van der Waals surface area contributed by atoms with E-state index >= 15 is 0 Å². The summed E-state index contributed by atoms with van der Waals surface area (Å²) in [7, 11) is 0. The maximum atomic E-state index is 12.7. The summed E-state index contributed by atoms with van der Waals surface area (Å²) in [6.45, 7) is 1.78. The topological polar surface area (TPSA) is 66.5 Å². The number of halogens is 3. The molecule has 2 aromatic rings. The maximum Gasteiger partial charge on any atom is 0.391 e. The number of benzene rings is 1. The number of alkyl halides is 3. The van der Waals surface area contributed by atoms with Gasteiger partial charge in [0.2, 0.25) is 5.13 Å². The smallest absolute Gasteiger partial charge is 0.383 e. The average molecular weight is 397 g/mol. The Morgan fingerprint density at radius 1 is 1.33 bits per heavy atom. The van der Waals surface area contributed by atoms with Gasteiger partial charge in [-0.1, -0.05) is 24.3 Å². The Labute approximate surface area is 160 Å². The third-order valence-electron chi connectivity index (χ3n) is 4.61. The van der Waals surface area contributed by atoms with Crippen LogP contribution in [0.3, 0.4) is 0 Å². The van der Waals surface area contributed by atoms with Crippen molar-refractivity contribution in [2.24, 2.45) is 11.0 Å². The van der Waals surface area contributed by atoms with Crippen LogP contribution < -0.4 is 11.2 Å². The van der Waals surface area contributed by atoms with Crippen LogP contribution >= 0.6 is 11.3 Å². The highest BCUT2D eigenvalue weighted by atomic mass is 32.1. The number of hydrogen-bond acceptors (Lipinski definition) is 6. The molecule has 9 heteroatoms. The molecule has 3 rings (SSSR count). The zero-order valence-electron chi connectivity index (χ0n) is 14.7. The molecule has 27 heavy (non-hydrogen) atoms. The second-order valence-electron chi connectivity index (χ2n) is 6.60. The van der Waals surface area contributed by atoms with E-state index in [2.05, 4.69) is 20.4 Å². The van der Waals surface area contributed by atoms with E-state index in [0.717, 1.165) is 24.1 Å². The van der Waals surface area contributed by atoms with Gasteiger partial charge < -0.3 is 10.6 Å². The summed E-state index contributed by atoms with van der Waals surface area (Å²) in [5.41, 5.74) is 10.5. The standard InChI is InChI=1S/C18H22F3N5S/c19-18(20,21)15-5-8-26(9-6-15)7-4-13-2-1-3-14(10-13)11-23-25-17-24-16(22)12-27-17/h1-3,10-12,15H,4-9,22H2,(H,24,25). The highest BCUT2D eigenvalue weighted by molar-refractivity contribution is 7.14. The first-order valence-corrected chi connectivity index (χ1v) is 9.66. The Kier molecular flexibility index (Phi) is 6.33. The van der Waals surface area contributed by atoms with Crippen molar-refractivity contribution in [1.82, 2.24) is 9.88 Å². The Morgan fingerprint density at radius 2 is 2.11 bits per heavy atom. The number of nitrogen functional groups attached to an aromatic ring is 1. The number of nitrogens with one attached hydrogen (secondary N) is 1. The highest BCUT2D eigenvalue weighted by Crippen LogP contribution is 2.34. The molecule has 1 aromatic carbocycles. The molecule has 1 aliphatic rings. The van der Waals surface area contributed by atoms with Crippen LogP contribution in [0.4, 0.5) is 24.1 Å². The van der Waals surface area contributed by atoms with Crippen LogP contribution in [0.5, 0.6) is 0 Å². The van der Waals surface area contributed by atoms with E-state index in [0.29, 0.717) is 24.0 Å². The lowest BCUT2D eigenvalue weighted by Gasteiger charge is -2.32. The molecule has 1 aromatic heterocycles. The van der Waals surface area contributed by atoms with Gasteiger partial charge in [-0.05, 0) is 43.5 Å². The molecule has 5 nitrogen and oxygen atoms in total. The largest absolute Gasteiger partial charge is 0.391 e. The molecule has 3 N–H and O–H groups in total. The van der Waals surface area contributed by atoms with Gasteiger partial charge in [0.25, 0.3) is 0 Å². The SMILES string of the molecule is Nc1csc(NN=Cc2cccc(CCN3CCC(C(F)(F)F)CC3)c2)n1. The number of rotatable bonds is 6. The lowest BCUT2D eigenvalue weighted by Crippen LogP contribution is -2.39. The minimum Gasteiger partial charge on any atom is -0.383 e. The van der Waals surface area contributed by atoms with Gasteiger partial charge in [0.15, 0.2) is 0 Å². The Hall–Kier alpha value is -2.13. The Morgan fingerprint density at radius 3 is 2.78 bits per heavy atom. The number of anilines is 2. The number of nitrogens with two attached hydrogens (primary N) is 1. The van der Waals surface area contributed by atoms with Crippen molar-refractivity contribution in [3.63, 3.8) is 0 Å². The Bertz CT molecular complexity index is 766. The lowest BCUT2D eigenvalue weighted by atomic mass is 9.96. The molecule has 1 aliphatic heterocycles. The monoisotopic (exact) mass is 397 g/mol. The van der Waals surface area contributed by atoms with Crippen molar-refractivity contribution < 1.29 is 13.2 Å². The van der Waals surface area contributed by atoms with Gasteiger partial charge in [-0.3, -0.25) is 5.43 Å². The number of hydrogen-bond donors (Lipinski definition) is 2. The van der Waals surface area contributed by atoms with E-state index < -0.39 is 12.1 Å². The first-order valence-electron chi connectivity index (χ1n) is 8.78. The molecule has 146 valence electrons. The van der Waals surface area contributed by atoms with Crippen LogP contribution in [-0.4, -0.2) is 41.9 Å². The van der Waals surface area contributed by atoms with Gasteiger partial charge in [0.1, 0.15) is 5.82 Å². The number of aromatic nitrogens is 1. The molecule has 0 aliphatic carbocycles. The minimum absolute atomic E-state index is 0.198. The van der Waals surface area contributed by atoms with Crippen molar-refractivity contribution in [2.45, 2.75) is 25.4 Å². The fourth-order valence-corrected chi connectivity index (χ4v) is 3.65. The first kappa shape index (κ1) is 19.6. The van der Waals surface area contributed by atoms with Gasteiger partial charge in [0, 0.05) is 11.9 Å². The van der Waals surface area contributed by atoms with Crippen LogP contribution in [0, 0.1) is 5.92 Å². The first-order chi connectivity index (χ1) is 12.9. The fraction of sp³-hybridized carbons (Fsp3) is 0.444. The lowest BCUT2D eigenvalue weighted by molar-refractivity contribution is -0.185. The van der Waals surface area contributed by atoms with Gasteiger partial charge in [0.05, 0.1) is 12.1 Å². The van der Waals surface area contributed by atoms with Crippen LogP contribution in [0.1, 0.15) is 24.0 Å². The third kappa shape index (κ3) is 5.93. The molecule has 0 radical (unpaired) electrons. The van der Waals surface area contributed by atoms with E-state index in [1.54, 1.807) is 11.6 Å². The summed E-state index contributed by atoms with van der Waals surface area (Å²) >= 11 is 1.38. The second kappa shape index (κ2) is 8.71. The van der Waals surface area contributed by atoms with E-state index in [-0.39, 0.29) is 12.8 Å². The van der Waals surface area contributed by atoms with Crippen molar-refractivity contribution in [1.29, 1.82) is 0 Å². The van der Waals surface area contributed by atoms with Crippen molar-refractivity contribution in [3.05, 3.63) is 40.8 Å². The zero-order valence-corrected chi connectivity index (χ0v) is 15.6. The number of thiazole rings is 1. The van der Waals surface area contributed by atoms with E-state index in [4.69, 9.17) is 5.73 Å². The molecular formula is C18H22F3N5S. The third-order valence-corrected chi connectivity index (χ3v) is 5.38. The average Bonchev–Trinajstić information content (AvgIpc) is 3.05. The molecule has 1 fully saturated rings. The molecule has 0 bridgehead atoms. The summed E-state index contributed by atoms with van der Waals surface area (Å²) in [4.78, 5) is 6.17. The van der Waals surface area contributed by atoms with Crippen molar-refractivity contribution in [3.8, 4) is 0 Å². The van der Waals surface area contributed by atoms with Gasteiger partial charge in [-0.25, -0.2) is 4.98 Å². The molecule has 0 saturated carbocycles. The van der Waals surface area contributed by atoms with Crippen molar-refractivity contribution in [2.75, 3.05) is 30.8 Å². The molecule has 0 amide bonds. The molecule has 0 spiro atoms. The van der Waals surface area contributed by atoms with Crippen LogP contribution in [0.2, 0.25) is 0 Å². The normalized spacial score (nSPS) is 16.9.